The van der Waals surface area contributed by atoms with Crippen LogP contribution in [0.1, 0.15) is 11.3 Å². The molecule has 4 nitrogen and oxygen atoms in total. The Morgan fingerprint density at radius 3 is 2.77 bits per heavy atom. The minimum atomic E-state index is -0.270. The van der Waals surface area contributed by atoms with Crippen molar-refractivity contribution < 1.29 is 8.81 Å². The summed E-state index contributed by atoms with van der Waals surface area (Å²) in [5.74, 6) is 1.46. The third-order valence-corrected chi connectivity index (χ3v) is 3.45. The van der Waals surface area contributed by atoms with Gasteiger partial charge in [-0.15, -0.1) is 0 Å². The van der Waals surface area contributed by atoms with Gasteiger partial charge in [-0.1, -0.05) is 0 Å². The highest BCUT2D eigenvalue weighted by atomic mass is 19.1. The molecule has 0 unspecified atom stereocenters. The van der Waals surface area contributed by atoms with E-state index < -0.39 is 0 Å². The number of rotatable bonds is 5. The van der Waals surface area contributed by atoms with Crippen molar-refractivity contribution in [2.45, 2.75) is 13.1 Å². The summed E-state index contributed by atoms with van der Waals surface area (Å²) in [5, 5.41) is 4.27. The van der Waals surface area contributed by atoms with Crippen LogP contribution in [0.15, 0.2) is 47.1 Å². The highest BCUT2D eigenvalue weighted by molar-refractivity contribution is 5.81. The van der Waals surface area contributed by atoms with Crippen LogP contribution < -0.4 is 10.2 Å². The number of halogens is 1. The molecule has 114 valence electrons. The summed E-state index contributed by atoms with van der Waals surface area (Å²) in [7, 11) is 3.87. The van der Waals surface area contributed by atoms with Crippen molar-refractivity contribution in [2.75, 3.05) is 19.0 Å². The molecular formula is C17H18FN3O. The predicted octanol–water partition coefficient (Wildman–Crippen LogP) is 3.32. The highest BCUT2D eigenvalue weighted by Gasteiger charge is 2.09. The first-order valence-electron chi connectivity index (χ1n) is 7.13. The predicted molar refractivity (Wildman–Crippen MR) is 85.3 cm³/mol. The molecule has 3 aromatic rings. The molecule has 0 spiro atoms. The van der Waals surface area contributed by atoms with E-state index >= 15 is 0 Å². The summed E-state index contributed by atoms with van der Waals surface area (Å²) in [6.45, 7) is 1.32. The summed E-state index contributed by atoms with van der Waals surface area (Å²) >= 11 is 0. The zero-order chi connectivity index (χ0) is 15.5. The van der Waals surface area contributed by atoms with Crippen LogP contribution in [0.25, 0.3) is 10.9 Å². The first-order valence-corrected chi connectivity index (χ1v) is 7.13. The summed E-state index contributed by atoms with van der Waals surface area (Å²) < 4.78 is 18.7. The van der Waals surface area contributed by atoms with Crippen molar-refractivity contribution in [2.24, 2.45) is 0 Å². The number of nitrogens with one attached hydrogen (secondary N) is 1. The molecule has 0 aliphatic heterocycles. The Morgan fingerprint density at radius 2 is 2.05 bits per heavy atom. The molecule has 5 heteroatoms. The second kappa shape index (κ2) is 6.15. The Balaban J connectivity index is 1.86. The fourth-order valence-corrected chi connectivity index (χ4v) is 2.42. The summed E-state index contributed by atoms with van der Waals surface area (Å²) in [6, 6.07) is 10.5. The van der Waals surface area contributed by atoms with Crippen LogP contribution in [-0.4, -0.2) is 19.1 Å². The van der Waals surface area contributed by atoms with Crippen molar-refractivity contribution in [1.29, 1.82) is 0 Å². The number of pyridine rings is 1. The van der Waals surface area contributed by atoms with Crippen LogP contribution in [0.4, 0.5) is 10.2 Å². The SMILES string of the molecule is CN(C)c1nc2cc(F)ccc2cc1CNCc1ccco1. The number of nitrogens with zero attached hydrogens (tertiary/aromatic N) is 2. The zero-order valence-corrected chi connectivity index (χ0v) is 12.6. The van der Waals surface area contributed by atoms with Gasteiger partial charge in [0, 0.05) is 37.7 Å². The molecule has 2 heterocycles. The van der Waals surface area contributed by atoms with Gasteiger partial charge in [-0.25, -0.2) is 9.37 Å². The van der Waals surface area contributed by atoms with E-state index in [4.69, 9.17) is 4.42 Å². The number of furan rings is 1. The summed E-state index contributed by atoms with van der Waals surface area (Å²) in [6.07, 6.45) is 1.66. The van der Waals surface area contributed by atoms with Crippen LogP contribution in [0.2, 0.25) is 0 Å². The topological polar surface area (TPSA) is 41.3 Å². The van der Waals surface area contributed by atoms with Crippen molar-refractivity contribution in [3.05, 3.63) is 59.8 Å². The van der Waals surface area contributed by atoms with Crippen LogP contribution in [0.5, 0.6) is 0 Å². The molecule has 0 aliphatic rings. The zero-order valence-electron chi connectivity index (χ0n) is 12.6. The minimum Gasteiger partial charge on any atom is -0.468 e. The first-order chi connectivity index (χ1) is 10.6. The second-order valence-corrected chi connectivity index (χ2v) is 5.39. The molecule has 1 aromatic carbocycles. The maximum absolute atomic E-state index is 13.4. The Kier molecular flexibility index (Phi) is 4.06. The number of benzene rings is 1. The third kappa shape index (κ3) is 3.09. The Morgan fingerprint density at radius 1 is 1.18 bits per heavy atom. The average molecular weight is 299 g/mol. The summed E-state index contributed by atoms with van der Waals surface area (Å²) in [4.78, 5) is 6.51. The maximum Gasteiger partial charge on any atom is 0.133 e. The van der Waals surface area contributed by atoms with E-state index in [1.807, 2.05) is 37.2 Å². The number of hydrogen-bond donors (Lipinski definition) is 1. The quantitative estimate of drug-likeness (QED) is 0.784. The monoisotopic (exact) mass is 299 g/mol. The molecule has 0 saturated carbocycles. The largest absolute Gasteiger partial charge is 0.468 e. The molecule has 0 aliphatic carbocycles. The van der Waals surface area contributed by atoms with Crippen LogP contribution in [-0.2, 0) is 13.1 Å². The molecular weight excluding hydrogens is 281 g/mol. The van der Waals surface area contributed by atoms with Gasteiger partial charge in [-0.05, 0) is 30.3 Å². The van der Waals surface area contributed by atoms with Crippen LogP contribution in [0.3, 0.4) is 0 Å². The highest BCUT2D eigenvalue weighted by Crippen LogP contribution is 2.23. The normalized spacial score (nSPS) is 11.0. The standard InChI is InChI=1S/C17H18FN3O/c1-21(2)17-13(10-19-11-15-4-3-7-22-15)8-12-5-6-14(18)9-16(12)20-17/h3-9,19H,10-11H2,1-2H3. The van der Waals surface area contributed by atoms with Gasteiger partial charge in [-0.3, -0.25) is 0 Å². The Bertz CT molecular complexity index is 769. The average Bonchev–Trinajstić information content (AvgIpc) is 3.00. The lowest BCUT2D eigenvalue weighted by atomic mass is 10.1. The van der Waals surface area contributed by atoms with E-state index in [2.05, 4.69) is 10.3 Å². The van der Waals surface area contributed by atoms with E-state index in [0.29, 0.717) is 18.6 Å². The fourth-order valence-electron chi connectivity index (χ4n) is 2.42. The summed E-state index contributed by atoms with van der Waals surface area (Å²) in [5.41, 5.74) is 1.73. The molecule has 0 fully saturated rings. The molecule has 22 heavy (non-hydrogen) atoms. The molecule has 0 bridgehead atoms. The van der Waals surface area contributed by atoms with Gasteiger partial charge in [-0.2, -0.15) is 0 Å². The Labute approximate surface area is 128 Å². The molecule has 2 aromatic heterocycles. The van der Waals surface area contributed by atoms with Crippen molar-refractivity contribution in [3.8, 4) is 0 Å². The van der Waals surface area contributed by atoms with Gasteiger partial charge in [0.2, 0.25) is 0 Å². The van der Waals surface area contributed by atoms with E-state index in [-0.39, 0.29) is 5.82 Å². The number of hydrogen-bond acceptors (Lipinski definition) is 4. The maximum atomic E-state index is 13.4. The number of anilines is 1. The van der Waals surface area contributed by atoms with Crippen molar-refractivity contribution in [1.82, 2.24) is 10.3 Å². The van der Waals surface area contributed by atoms with E-state index in [1.54, 1.807) is 12.3 Å². The smallest absolute Gasteiger partial charge is 0.133 e. The van der Waals surface area contributed by atoms with E-state index in [0.717, 1.165) is 22.5 Å². The van der Waals surface area contributed by atoms with Crippen LogP contribution >= 0.6 is 0 Å². The molecule has 0 saturated heterocycles. The molecule has 0 atom stereocenters. The van der Waals surface area contributed by atoms with Gasteiger partial charge >= 0.3 is 0 Å². The molecule has 0 amide bonds. The van der Waals surface area contributed by atoms with E-state index in [1.165, 1.54) is 12.1 Å². The van der Waals surface area contributed by atoms with Gasteiger partial charge in [0.15, 0.2) is 0 Å². The molecule has 1 N–H and O–H groups in total. The number of aromatic nitrogens is 1. The van der Waals surface area contributed by atoms with Gasteiger partial charge < -0.3 is 14.6 Å². The van der Waals surface area contributed by atoms with Crippen molar-refractivity contribution >= 4 is 16.7 Å². The van der Waals surface area contributed by atoms with Gasteiger partial charge in [0.25, 0.3) is 0 Å². The molecule has 0 radical (unpaired) electrons. The Hall–Kier alpha value is -2.40. The van der Waals surface area contributed by atoms with Gasteiger partial charge in [0.05, 0.1) is 18.3 Å². The second-order valence-electron chi connectivity index (χ2n) is 5.39. The lowest BCUT2D eigenvalue weighted by Gasteiger charge is -2.17. The fraction of sp³-hybridized carbons (Fsp3) is 0.235. The van der Waals surface area contributed by atoms with Gasteiger partial charge in [0.1, 0.15) is 17.4 Å². The first kappa shape index (κ1) is 14.5. The molecule has 3 rings (SSSR count). The minimum absolute atomic E-state index is 0.270. The van der Waals surface area contributed by atoms with Crippen molar-refractivity contribution in [3.63, 3.8) is 0 Å². The lowest BCUT2D eigenvalue weighted by molar-refractivity contribution is 0.483. The third-order valence-electron chi connectivity index (χ3n) is 3.45. The number of fused-ring (bicyclic) bond motifs is 1. The lowest BCUT2D eigenvalue weighted by Crippen LogP contribution is -2.18. The van der Waals surface area contributed by atoms with Crippen LogP contribution in [0, 0.1) is 5.82 Å². The van der Waals surface area contributed by atoms with E-state index in [9.17, 15) is 4.39 Å².